The van der Waals surface area contributed by atoms with Crippen molar-refractivity contribution in [1.82, 2.24) is 9.73 Å². The van der Waals surface area contributed by atoms with Gasteiger partial charge in [-0.15, -0.1) is 0 Å². The number of nitrogens with one attached hydrogen (secondary N) is 1. The molecule has 33 heavy (non-hydrogen) atoms. The van der Waals surface area contributed by atoms with Crippen LogP contribution >= 0.6 is 23.2 Å². The van der Waals surface area contributed by atoms with Crippen molar-refractivity contribution in [2.75, 3.05) is 6.54 Å². The van der Waals surface area contributed by atoms with E-state index in [0.717, 1.165) is 21.0 Å². The molecule has 0 heterocycles. The third-order valence-corrected chi connectivity index (χ3v) is 7.27. The molecule has 6 nitrogen and oxygen atoms in total. The SMILES string of the molecule is Cc1ccc(S(=O)(=O)N(CC(=O)N/N=C\c2c(Cl)cccc2Cl)Cc2cccc(C)c2)cc1. The minimum absolute atomic E-state index is 0.0331. The largest absolute Gasteiger partial charge is 0.272 e. The van der Waals surface area contributed by atoms with E-state index in [-0.39, 0.29) is 11.4 Å². The predicted molar refractivity (Wildman–Crippen MR) is 132 cm³/mol. The van der Waals surface area contributed by atoms with Gasteiger partial charge < -0.3 is 0 Å². The number of amides is 1. The molecule has 1 amide bonds. The first-order valence-electron chi connectivity index (χ1n) is 10.0. The molecule has 0 spiro atoms. The van der Waals surface area contributed by atoms with Crippen molar-refractivity contribution in [3.05, 3.63) is 99.0 Å². The second-order valence-electron chi connectivity index (χ2n) is 7.50. The van der Waals surface area contributed by atoms with Gasteiger partial charge >= 0.3 is 0 Å². The third kappa shape index (κ3) is 6.65. The third-order valence-electron chi connectivity index (χ3n) is 4.80. The van der Waals surface area contributed by atoms with Crippen LogP contribution in [0.5, 0.6) is 0 Å². The number of hydrogen-bond donors (Lipinski definition) is 1. The summed E-state index contributed by atoms with van der Waals surface area (Å²) < 4.78 is 27.8. The first-order chi connectivity index (χ1) is 15.7. The van der Waals surface area contributed by atoms with Crippen LogP contribution in [0.25, 0.3) is 0 Å². The molecule has 0 atom stereocenters. The van der Waals surface area contributed by atoms with Gasteiger partial charge in [-0.25, -0.2) is 13.8 Å². The summed E-state index contributed by atoms with van der Waals surface area (Å²) >= 11 is 12.2. The zero-order valence-electron chi connectivity index (χ0n) is 18.1. The Morgan fingerprint density at radius 2 is 1.61 bits per heavy atom. The summed E-state index contributed by atoms with van der Waals surface area (Å²) in [7, 11) is -3.94. The Morgan fingerprint density at radius 3 is 2.24 bits per heavy atom. The lowest BCUT2D eigenvalue weighted by Crippen LogP contribution is -2.39. The highest BCUT2D eigenvalue weighted by molar-refractivity contribution is 7.89. The number of sulfonamides is 1. The van der Waals surface area contributed by atoms with Crippen molar-refractivity contribution in [3.8, 4) is 0 Å². The highest BCUT2D eigenvalue weighted by Gasteiger charge is 2.27. The van der Waals surface area contributed by atoms with E-state index >= 15 is 0 Å². The fourth-order valence-corrected chi connectivity index (χ4v) is 4.98. The average molecular weight is 504 g/mol. The van der Waals surface area contributed by atoms with Crippen LogP contribution in [0, 0.1) is 13.8 Å². The van der Waals surface area contributed by atoms with Crippen LogP contribution < -0.4 is 5.43 Å². The molecule has 0 aliphatic carbocycles. The molecule has 0 unspecified atom stereocenters. The van der Waals surface area contributed by atoms with Crippen LogP contribution in [0.2, 0.25) is 10.0 Å². The number of benzene rings is 3. The lowest BCUT2D eigenvalue weighted by atomic mass is 10.1. The van der Waals surface area contributed by atoms with Gasteiger partial charge in [0.25, 0.3) is 5.91 Å². The van der Waals surface area contributed by atoms with E-state index in [1.54, 1.807) is 30.3 Å². The molecule has 0 aromatic heterocycles. The fourth-order valence-electron chi connectivity index (χ4n) is 3.10. The van der Waals surface area contributed by atoms with Crippen LogP contribution in [-0.2, 0) is 21.4 Å². The van der Waals surface area contributed by atoms with Crippen LogP contribution in [0.4, 0.5) is 0 Å². The molecule has 0 aliphatic rings. The number of hydrogen-bond acceptors (Lipinski definition) is 4. The first-order valence-corrected chi connectivity index (χ1v) is 12.2. The fraction of sp³-hybridized carbons (Fsp3) is 0.167. The van der Waals surface area contributed by atoms with Gasteiger partial charge in [0, 0.05) is 12.1 Å². The van der Waals surface area contributed by atoms with E-state index in [0.29, 0.717) is 15.6 Å². The molecule has 3 aromatic carbocycles. The van der Waals surface area contributed by atoms with Gasteiger partial charge in [0.15, 0.2) is 0 Å². The van der Waals surface area contributed by atoms with Crippen molar-refractivity contribution in [2.45, 2.75) is 25.3 Å². The van der Waals surface area contributed by atoms with Gasteiger partial charge in [-0.05, 0) is 43.7 Å². The summed E-state index contributed by atoms with van der Waals surface area (Å²) in [5.41, 5.74) is 5.50. The van der Waals surface area contributed by atoms with E-state index in [1.165, 1.54) is 18.3 Å². The summed E-state index contributed by atoms with van der Waals surface area (Å²) in [5.74, 6) is -0.599. The quantitative estimate of drug-likeness (QED) is 0.348. The van der Waals surface area contributed by atoms with Gasteiger partial charge in [0.05, 0.1) is 27.7 Å². The average Bonchev–Trinajstić information content (AvgIpc) is 2.76. The minimum Gasteiger partial charge on any atom is -0.272 e. The van der Waals surface area contributed by atoms with Crippen molar-refractivity contribution in [1.29, 1.82) is 0 Å². The molecular formula is C24H23Cl2N3O3S. The highest BCUT2D eigenvalue weighted by atomic mass is 35.5. The first kappa shape index (κ1) is 24.9. The van der Waals surface area contributed by atoms with Gasteiger partial charge in [-0.3, -0.25) is 4.79 Å². The number of aryl methyl sites for hydroxylation is 2. The Bertz CT molecular complexity index is 1260. The summed E-state index contributed by atoms with van der Waals surface area (Å²) in [6.07, 6.45) is 1.32. The molecule has 0 saturated carbocycles. The van der Waals surface area contributed by atoms with E-state index in [9.17, 15) is 13.2 Å². The van der Waals surface area contributed by atoms with Gasteiger partial charge in [-0.2, -0.15) is 9.41 Å². The van der Waals surface area contributed by atoms with Gasteiger partial charge in [0.2, 0.25) is 10.0 Å². The number of hydrazone groups is 1. The molecule has 3 aromatic rings. The van der Waals surface area contributed by atoms with Crippen LogP contribution in [-0.4, -0.2) is 31.4 Å². The number of nitrogens with zero attached hydrogens (tertiary/aromatic N) is 2. The monoisotopic (exact) mass is 503 g/mol. The molecule has 0 fully saturated rings. The molecule has 172 valence electrons. The number of carbonyl (C=O) groups is 1. The maximum absolute atomic E-state index is 13.3. The van der Waals surface area contributed by atoms with Crippen LogP contribution in [0.3, 0.4) is 0 Å². The van der Waals surface area contributed by atoms with Crippen molar-refractivity contribution in [2.24, 2.45) is 5.10 Å². The summed E-state index contributed by atoms with van der Waals surface area (Å²) in [6, 6.07) is 19.0. The maximum atomic E-state index is 13.3. The Labute approximate surface area is 203 Å². The van der Waals surface area contributed by atoms with Gasteiger partial charge in [0.1, 0.15) is 0 Å². The lowest BCUT2D eigenvalue weighted by molar-refractivity contribution is -0.121. The smallest absolute Gasteiger partial charge is 0.255 e. The van der Waals surface area contributed by atoms with Crippen LogP contribution in [0.1, 0.15) is 22.3 Å². The molecule has 9 heteroatoms. The second-order valence-corrected chi connectivity index (χ2v) is 10.3. The second kappa shape index (κ2) is 10.9. The summed E-state index contributed by atoms with van der Waals surface area (Å²) in [4.78, 5) is 12.7. The lowest BCUT2D eigenvalue weighted by Gasteiger charge is -2.22. The topological polar surface area (TPSA) is 78.8 Å². The zero-order valence-corrected chi connectivity index (χ0v) is 20.5. The Hall–Kier alpha value is -2.71. The van der Waals surface area contributed by atoms with E-state index in [2.05, 4.69) is 10.5 Å². The predicted octanol–water partition coefficient (Wildman–Crippen LogP) is 4.95. The zero-order chi connectivity index (χ0) is 24.0. The van der Waals surface area contributed by atoms with E-state index < -0.39 is 22.5 Å². The molecule has 3 rings (SSSR count). The van der Waals surface area contributed by atoms with E-state index in [1.807, 2.05) is 38.1 Å². The Morgan fingerprint density at radius 1 is 0.970 bits per heavy atom. The summed E-state index contributed by atoms with van der Waals surface area (Å²) in [6.45, 7) is 3.41. The van der Waals surface area contributed by atoms with Crippen LogP contribution in [0.15, 0.2) is 76.7 Å². The summed E-state index contributed by atoms with van der Waals surface area (Å²) in [5, 5.41) is 4.65. The standard InChI is InChI=1S/C24H23Cl2N3O3S/c1-17-9-11-20(12-10-17)33(31,32)29(15-19-6-3-5-18(2)13-19)16-24(30)28-27-14-21-22(25)7-4-8-23(21)26/h3-14H,15-16H2,1-2H3,(H,28,30)/b27-14-. The number of rotatable bonds is 8. The maximum Gasteiger partial charge on any atom is 0.255 e. The molecule has 0 bridgehead atoms. The number of carbonyl (C=O) groups excluding carboxylic acids is 1. The molecular weight excluding hydrogens is 481 g/mol. The Kier molecular flexibility index (Phi) is 8.26. The highest BCUT2D eigenvalue weighted by Crippen LogP contribution is 2.22. The van der Waals surface area contributed by atoms with Crippen molar-refractivity contribution >= 4 is 45.3 Å². The van der Waals surface area contributed by atoms with Crippen molar-refractivity contribution in [3.63, 3.8) is 0 Å². The van der Waals surface area contributed by atoms with E-state index in [4.69, 9.17) is 23.2 Å². The molecule has 0 saturated heterocycles. The number of halogens is 2. The Balaban J connectivity index is 1.82. The normalized spacial score (nSPS) is 11.8. The minimum atomic E-state index is -3.94. The van der Waals surface area contributed by atoms with Crippen molar-refractivity contribution < 1.29 is 13.2 Å². The molecule has 1 N–H and O–H groups in total. The van der Waals surface area contributed by atoms with Gasteiger partial charge in [-0.1, -0.05) is 76.8 Å². The molecule has 0 aliphatic heterocycles. The molecule has 0 radical (unpaired) electrons.